The van der Waals surface area contributed by atoms with E-state index in [9.17, 15) is 10.1 Å². The van der Waals surface area contributed by atoms with E-state index >= 15 is 0 Å². The fraction of sp³-hybridized carbons (Fsp3) is 0.368. The molecule has 0 unspecified atom stereocenters. The van der Waals surface area contributed by atoms with Crippen LogP contribution in [0.1, 0.15) is 37.7 Å². The molecule has 0 radical (unpaired) electrons. The minimum absolute atomic E-state index is 0.0253. The molecule has 1 heterocycles. The molecule has 6 nitrogen and oxygen atoms in total. The van der Waals surface area contributed by atoms with Gasteiger partial charge in [0, 0.05) is 23.0 Å². The van der Waals surface area contributed by atoms with Gasteiger partial charge in [-0.1, -0.05) is 43.0 Å². The smallest absolute Gasteiger partial charge is 0.287 e. The summed E-state index contributed by atoms with van der Waals surface area (Å²) in [5, 5.41) is 18.2. The number of thiocarbonyl (C=S) groups is 1. The molecule has 8 heteroatoms. The van der Waals surface area contributed by atoms with Gasteiger partial charge in [0.25, 0.3) is 5.69 Å². The van der Waals surface area contributed by atoms with Gasteiger partial charge in [-0.3, -0.25) is 10.1 Å². The Labute approximate surface area is 168 Å². The Bertz CT molecular complexity index is 805. The van der Waals surface area contributed by atoms with Gasteiger partial charge in [-0.25, -0.2) is 4.98 Å². The van der Waals surface area contributed by atoms with Crippen LogP contribution in [0, 0.1) is 10.1 Å². The number of nitrogens with zero attached hydrogens (tertiary/aromatic N) is 2. The van der Waals surface area contributed by atoms with Gasteiger partial charge >= 0.3 is 0 Å². The molecule has 2 N–H and O–H groups in total. The second-order valence-electron chi connectivity index (χ2n) is 6.81. The topological polar surface area (TPSA) is 80.1 Å². The van der Waals surface area contributed by atoms with E-state index in [0.717, 1.165) is 17.9 Å². The van der Waals surface area contributed by atoms with Gasteiger partial charge in [0.15, 0.2) is 5.11 Å². The van der Waals surface area contributed by atoms with Crippen molar-refractivity contribution in [2.45, 2.75) is 37.5 Å². The van der Waals surface area contributed by atoms with Crippen LogP contribution in [-0.4, -0.2) is 21.6 Å². The quantitative estimate of drug-likeness (QED) is 0.422. The first-order valence-electron chi connectivity index (χ1n) is 8.90. The average Bonchev–Trinajstić information content (AvgIpc) is 2.68. The van der Waals surface area contributed by atoms with Gasteiger partial charge < -0.3 is 10.6 Å². The zero-order valence-corrected chi connectivity index (χ0v) is 16.4. The summed E-state index contributed by atoms with van der Waals surface area (Å²) in [6.45, 7) is 0.716. The first-order chi connectivity index (χ1) is 13.0. The van der Waals surface area contributed by atoms with Gasteiger partial charge in [0.2, 0.25) is 0 Å². The summed E-state index contributed by atoms with van der Waals surface area (Å²) in [6, 6.07) is 11.0. The van der Waals surface area contributed by atoms with Crippen LogP contribution < -0.4 is 10.6 Å². The SMILES string of the molecule is O=[N+]([O-])c1ccc(NC(=S)NCC2(c3ccc(Cl)cc3)CCCCC2)nc1. The van der Waals surface area contributed by atoms with E-state index in [1.807, 2.05) is 12.1 Å². The van der Waals surface area contributed by atoms with Crippen LogP contribution in [0.3, 0.4) is 0 Å². The Kier molecular flexibility index (Phi) is 6.23. The molecule has 0 saturated heterocycles. The van der Waals surface area contributed by atoms with Crippen molar-refractivity contribution in [2.24, 2.45) is 0 Å². The molecule has 0 atom stereocenters. The second kappa shape index (κ2) is 8.63. The fourth-order valence-corrected chi connectivity index (χ4v) is 3.88. The summed E-state index contributed by atoms with van der Waals surface area (Å²) in [5.41, 5.74) is 1.25. The highest BCUT2D eigenvalue weighted by molar-refractivity contribution is 7.80. The van der Waals surface area contributed by atoms with Crippen LogP contribution in [0.2, 0.25) is 5.02 Å². The molecule has 142 valence electrons. The maximum Gasteiger partial charge on any atom is 0.287 e. The Morgan fingerprint density at radius 3 is 2.48 bits per heavy atom. The third-order valence-corrected chi connectivity index (χ3v) is 5.55. The summed E-state index contributed by atoms with van der Waals surface area (Å²) in [4.78, 5) is 14.2. The van der Waals surface area contributed by atoms with Crippen LogP contribution in [0.4, 0.5) is 11.5 Å². The van der Waals surface area contributed by atoms with E-state index in [1.165, 1.54) is 37.1 Å². The normalized spacial score (nSPS) is 15.7. The lowest BCUT2D eigenvalue weighted by atomic mass is 9.69. The number of hydrogen-bond acceptors (Lipinski definition) is 4. The van der Waals surface area contributed by atoms with Crippen molar-refractivity contribution in [1.82, 2.24) is 10.3 Å². The average molecular weight is 405 g/mol. The zero-order valence-electron chi connectivity index (χ0n) is 14.8. The number of aromatic nitrogens is 1. The molecule has 1 aliphatic carbocycles. The standard InChI is InChI=1S/C19H21ClN4O2S/c20-15-6-4-14(5-7-15)19(10-2-1-3-11-19)13-22-18(27)23-17-9-8-16(12-21-17)24(25)26/h4-9,12H,1-3,10-11,13H2,(H2,21,22,23,27). The number of rotatable bonds is 5. The van der Waals surface area contributed by atoms with Crippen molar-refractivity contribution in [2.75, 3.05) is 11.9 Å². The molecule has 2 aromatic rings. The molecule has 1 fully saturated rings. The third-order valence-electron chi connectivity index (χ3n) is 5.05. The molecule has 3 rings (SSSR count). The van der Waals surface area contributed by atoms with Crippen molar-refractivity contribution >= 4 is 40.4 Å². The summed E-state index contributed by atoms with van der Waals surface area (Å²) in [6.07, 6.45) is 7.04. The highest BCUT2D eigenvalue weighted by Crippen LogP contribution is 2.39. The van der Waals surface area contributed by atoms with E-state index in [-0.39, 0.29) is 11.1 Å². The number of anilines is 1. The lowest BCUT2D eigenvalue weighted by Gasteiger charge is -2.38. The first-order valence-corrected chi connectivity index (χ1v) is 9.68. The molecule has 27 heavy (non-hydrogen) atoms. The lowest BCUT2D eigenvalue weighted by Crippen LogP contribution is -2.43. The highest BCUT2D eigenvalue weighted by atomic mass is 35.5. The molecule has 0 bridgehead atoms. The monoisotopic (exact) mass is 404 g/mol. The molecule has 0 aliphatic heterocycles. The third kappa shape index (κ3) is 4.93. The number of pyridine rings is 1. The van der Waals surface area contributed by atoms with Crippen molar-refractivity contribution in [3.05, 3.63) is 63.3 Å². The van der Waals surface area contributed by atoms with Crippen LogP contribution in [0.25, 0.3) is 0 Å². The summed E-state index contributed by atoms with van der Waals surface area (Å²) in [7, 11) is 0. The maximum absolute atomic E-state index is 10.7. The minimum Gasteiger partial charge on any atom is -0.362 e. The van der Waals surface area contributed by atoms with Crippen LogP contribution in [0.15, 0.2) is 42.6 Å². The maximum atomic E-state index is 10.7. The predicted molar refractivity (Wildman–Crippen MR) is 111 cm³/mol. The molecule has 1 aromatic heterocycles. The van der Waals surface area contributed by atoms with E-state index in [0.29, 0.717) is 17.5 Å². The van der Waals surface area contributed by atoms with Crippen molar-refractivity contribution < 1.29 is 4.92 Å². The van der Waals surface area contributed by atoms with Crippen LogP contribution >= 0.6 is 23.8 Å². The molecule has 1 aromatic carbocycles. The summed E-state index contributed by atoms with van der Waals surface area (Å²) in [5.74, 6) is 0.474. The number of benzene rings is 1. The number of hydrogen-bond donors (Lipinski definition) is 2. The largest absolute Gasteiger partial charge is 0.362 e. The zero-order chi connectivity index (χ0) is 19.3. The van der Waals surface area contributed by atoms with Crippen LogP contribution in [-0.2, 0) is 5.41 Å². The van der Waals surface area contributed by atoms with E-state index in [4.69, 9.17) is 23.8 Å². The minimum atomic E-state index is -0.480. The molecular formula is C19H21ClN4O2S. The molecule has 1 aliphatic rings. The Morgan fingerprint density at radius 2 is 1.89 bits per heavy atom. The predicted octanol–water partition coefficient (Wildman–Crippen LogP) is 4.83. The Balaban J connectivity index is 1.65. The van der Waals surface area contributed by atoms with Gasteiger partial charge in [-0.2, -0.15) is 0 Å². The van der Waals surface area contributed by atoms with E-state index in [1.54, 1.807) is 6.07 Å². The molecule has 0 spiro atoms. The fourth-order valence-electron chi connectivity index (χ4n) is 3.58. The number of halogens is 1. The van der Waals surface area contributed by atoms with Crippen molar-refractivity contribution in [3.63, 3.8) is 0 Å². The molecular weight excluding hydrogens is 384 g/mol. The Morgan fingerprint density at radius 1 is 1.19 bits per heavy atom. The summed E-state index contributed by atoms with van der Waals surface area (Å²) >= 11 is 11.4. The van der Waals surface area contributed by atoms with Crippen molar-refractivity contribution in [3.8, 4) is 0 Å². The molecule has 0 amide bonds. The number of nitrogens with one attached hydrogen (secondary N) is 2. The lowest BCUT2D eigenvalue weighted by molar-refractivity contribution is -0.385. The molecule has 1 saturated carbocycles. The highest BCUT2D eigenvalue weighted by Gasteiger charge is 2.33. The van der Waals surface area contributed by atoms with Crippen LogP contribution in [0.5, 0.6) is 0 Å². The number of nitro groups is 1. The van der Waals surface area contributed by atoms with Crippen molar-refractivity contribution in [1.29, 1.82) is 0 Å². The van der Waals surface area contributed by atoms with Gasteiger partial charge in [-0.15, -0.1) is 0 Å². The summed E-state index contributed by atoms with van der Waals surface area (Å²) < 4.78 is 0. The Hall–Kier alpha value is -2.25. The van der Waals surface area contributed by atoms with Gasteiger partial charge in [-0.05, 0) is 48.8 Å². The van der Waals surface area contributed by atoms with Gasteiger partial charge in [0.1, 0.15) is 12.0 Å². The van der Waals surface area contributed by atoms with Gasteiger partial charge in [0.05, 0.1) is 4.92 Å². The van der Waals surface area contributed by atoms with E-state index < -0.39 is 4.92 Å². The second-order valence-corrected chi connectivity index (χ2v) is 7.66. The first kappa shape index (κ1) is 19.5. The van der Waals surface area contributed by atoms with E-state index in [2.05, 4.69) is 27.8 Å².